The Labute approximate surface area is 103 Å². The molecule has 18 heavy (non-hydrogen) atoms. The third-order valence-corrected chi connectivity index (χ3v) is 2.28. The molecule has 0 bridgehead atoms. The summed E-state index contributed by atoms with van der Waals surface area (Å²) in [5.41, 5.74) is -0.0459. The van der Waals surface area contributed by atoms with Crippen LogP contribution in [0.1, 0.15) is 17.4 Å². The summed E-state index contributed by atoms with van der Waals surface area (Å²) in [7, 11) is 1.43. The molecule has 1 aromatic heterocycles. The minimum absolute atomic E-state index is 0.0459. The molecule has 0 fully saturated rings. The van der Waals surface area contributed by atoms with Crippen LogP contribution in [-0.4, -0.2) is 46.4 Å². The molecule has 0 aliphatic rings. The van der Waals surface area contributed by atoms with Crippen molar-refractivity contribution in [2.75, 3.05) is 13.6 Å². The van der Waals surface area contributed by atoms with Crippen LogP contribution in [0.15, 0.2) is 18.3 Å². The maximum absolute atomic E-state index is 12.3. The van der Waals surface area contributed by atoms with Crippen molar-refractivity contribution in [3.8, 4) is 0 Å². The second-order valence-electron chi connectivity index (χ2n) is 4.17. The van der Waals surface area contributed by atoms with Gasteiger partial charge in [0, 0.05) is 19.8 Å². The number of aliphatic hydroxyl groups is 1. The Morgan fingerprint density at radius 1 is 1.56 bits per heavy atom. The number of aromatic nitrogens is 1. The summed E-state index contributed by atoms with van der Waals surface area (Å²) < 4.78 is 37.7. The molecule has 1 aromatic rings. The summed E-state index contributed by atoms with van der Waals surface area (Å²) in [5.74, 6) is -0.551. The molecule has 0 radical (unpaired) electrons. The van der Waals surface area contributed by atoms with E-state index in [4.69, 9.17) is 5.11 Å². The molecule has 102 valence electrons. The monoisotopic (exact) mass is 264 g/mol. The smallest absolute Gasteiger partial charge is 0.392 e. The molecule has 1 amide bonds. The predicted octanol–water partition coefficient (Wildman–Crippen LogP) is 1.50. The average molecular weight is 264 g/mol. The third kappa shape index (κ3) is 4.06. The van der Waals surface area contributed by atoms with Crippen molar-refractivity contribution in [2.45, 2.75) is 25.7 Å². The van der Waals surface area contributed by atoms with Gasteiger partial charge in [-0.15, -0.1) is 0 Å². The van der Waals surface area contributed by atoms with Gasteiger partial charge in [-0.05, 0) is 19.1 Å². The van der Waals surface area contributed by atoms with Crippen LogP contribution in [0, 0.1) is 0 Å². The molecule has 0 aliphatic carbocycles. The van der Waals surface area contributed by atoms with Crippen LogP contribution in [0.25, 0.3) is 0 Å². The van der Waals surface area contributed by atoms with Crippen molar-refractivity contribution in [3.63, 3.8) is 0 Å². The highest BCUT2D eigenvalue weighted by Gasteiger charge is 2.30. The fourth-order valence-corrected chi connectivity index (χ4v) is 1.61. The van der Waals surface area contributed by atoms with Crippen molar-refractivity contribution in [2.24, 2.45) is 0 Å². The van der Waals surface area contributed by atoms with Crippen molar-refractivity contribution in [1.82, 2.24) is 9.47 Å². The molecule has 1 heterocycles. The van der Waals surface area contributed by atoms with Gasteiger partial charge < -0.3 is 14.6 Å². The number of nitrogens with zero attached hydrogens (tertiary/aromatic N) is 2. The van der Waals surface area contributed by atoms with Crippen LogP contribution in [-0.2, 0) is 6.54 Å². The van der Waals surface area contributed by atoms with Gasteiger partial charge in [0.2, 0.25) is 0 Å². The van der Waals surface area contributed by atoms with E-state index in [2.05, 4.69) is 0 Å². The second-order valence-corrected chi connectivity index (χ2v) is 4.17. The van der Waals surface area contributed by atoms with Crippen LogP contribution in [0.3, 0.4) is 0 Å². The molecule has 0 aromatic carbocycles. The number of rotatable bonds is 4. The molecular formula is C11H15F3N2O2. The van der Waals surface area contributed by atoms with Crippen LogP contribution < -0.4 is 0 Å². The Bertz CT molecular complexity index is 413. The lowest BCUT2D eigenvalue weighted by atomic mass is 10.3. The third-order valence-electron chi connectivity index (χ3n) is 2.28. The first kappa shape index (κ1) is 14.6. The lowest BCUT2D eigenvalue weighted by molar-refractivity contribution is -0.140. The maximum Gasteiger partial charge on any atom is 0.406 e. The summed E-state index contributed by atoms with van der Waals surface area (Å²) in [6.07, 6.45) is -3.90. The topological polar surface area (TPSA) is 45.5 Å². The Kier molecular flexibility index (Phi) is 4.39. The van der Waals surface area contributed by atoms with Crippen LogP contribution in [0.5, 0.6) is 0 Å². The van der Waals surface area contributed by atoms with E-state index in [-0.39, 0.29) is 12.2 Å². The van der Waals surface area contributed by atoms with Crippen LogP contribution in [0.2, 0.25) is 0 Å². The lowest BCUT2D eigenvalue weighted by Crippen LogP contribution is -2.35. The van der Waals surface area contributed by atoms with Crippen molar-refractivity contribution in [3.05, 3.63) is 24.0 Å². The highest BCUT2D eigenvalue weighted by atomic mass is 19.4. The van der Waals surface area contributed by atoms with Crippen LogP contribution >= 0.6 is 0 Å². The first-order chi connectivity index (χ1) is 8.20. The predicted molar refractivity (Wildman–Crippen MR) is 59.1 cm³/mol. The van der Waals surface area contributed by atoms with E-state index in [1.54, 1.807) is 0 Å². The summed E-state index contributed by atoms with van der Waals surface area (Å²) in [5, 5.41) is 9.14. The first-order valence-corrected chi connectivity index (χ1v) is 5.36. The van der Waals surface area contributed by atoms with Gasteiger partial charge in [-0.3, -0.25) is 4.79 Å². The quantitative estimate of drug-likeness (QED) is 0.895. The molecule has 0 spiro atoms. The molecule has 0 aliphatic heterocycles. The van der Waals surface area contributed by atoms with E-state index in [0.29, 0.717) is 0 Å². The zero-order valence-electron chi connectivity index (χ0n) is 10.1. The van der Waals surface area contributed by atoms with Crippen LogP contribution in [0.4, 0.5) is 13.2 Å². The zero-order valence-corrected chi connectivity index (χ0v) is 10.1. The fourth-order valence-electron chi connectivity index (χ4n) is 1.61. The van der Waals surface area contributed by atoms with Gasteiger partial charge in [-0.2, -0.15) is 13.2 Å². The highest BCUT2D eigenvalue weighted by molar-refractivity contribution is 5.92. The Balaban J connectivity index is 2.84. The Morgan fingerprint density at radius 3 is 2.67 bits per heavy atom. The number of likely N-dealkylation sites (N-methyl/N-ethyl adjacent to an activating group) is 1. The number of carbonyl (C=O) groups excluding carboxylic acids is 1. The lowest BCUT2D eigenvalue weighted by Gasteiger charge is -2.20. The highest BCUT2D eigenvalue weighted by Crippen LogP contribution is 2.19. The fraction of sp³-hybridized carbons (Fsp3) is 0.545. The maximum atomic E-state index is 12.3. The number of carbonyl (C=O) groups is 1. The standard InChI is InChI=1S/C11H15F3N2O2/c1-8(17)6-15(2)10(18)9-4-3-5-16(9)7-11(12,13)14/h3-5,8,17H,6-7H2,1-2H3. The summed E-state index contributed by atoms with van der Waals surface area (Å²) in [4.78, 5) is 13.1. The van der Waals surface area contributed by atoms with Gasteiger partial charge in [0.15, 0.2) is 0 Å². The molecule has 4 nitrogen and oxygen atoms in total. The Hall–Kier alpha value is -1.50. The van der Waals surface area contributed by atoms with Gasteiger partial charge in [-0.25, -0.2) is 0 Å². The summed E-state index contributed by atoms with van der Waals surface area (Å²) in [6.45, 7) is 0.359. The molecule has 1 rings (SSSR count). The second kappa shape index (κ2) is 5.43. The zero-order chi connectivity index (χ0) is 13.9. The molecule has 0 saturated carbocycles. The normalized spacial score (nSPS) is 13.4. The molecule has 1 unspecified atom stereocenters. The van der Waals surface area contributed by atoms with Gasteiger partial charge in [0.1, 0.15) is 12.2 Å². The first-order valence-electron chi connectivity index (χ1n) is 5.36. The number of alkyl halides is 3. The number of halogens is 3. The van der Waals surface area contributed by atoms with E-state index in [1.807, 2.05) is 0 Å². The van der Waals surface area contributed by atoms with E-state index >= 15 is 0 Å². The minimum Gasteiger partial charge on any atom is -0.392 e. The molecule has 1 atom stereocenters. The summed E-state index contributed by atoms with van der Waals surface area (Å²) in [6, 6.07) is 2.71. The number of hydrogen-bond acceptors (Lipinski definition) is 2. The number of aliphatic hydroxyl groups excluding tert-OH is 1. The number of amides is 1. The number of hydrogen-bond donors (Lipinski definition) is 1. The van der Waals surface area contributed by atoms with Gasteiger partial charge >= 0.3 is 6.18 Å². The molecule has 0 saturated heterocycles. The van der Waals surface area contributed by atoms with Crippen molar-refractivity contribution in [1.29, 1.82) is 0 Å². The average Bonchev–Trinajstić information content (AvgIpc) is 2.60. The van der Waals surface area contributed by atoms with Gasteiger partial charge in [0.25, 0.3) is 5.91 Å². The van der Waals surface area contributed by atoms with Crippen molar-refractivity contribution >= 4 is 5.91 Å². The van der Waals surface area contributed by atoms with E-state index < -0.39 is 24.7 Å². The molecule has 7 heteroatoms. The van der Waals surface area contributed by atoms with Crippen molar-refractivity contribution < 1.29 is 23.1 Å². The molecule has 1 N–H and O–H groups in total. The largest absolute Gasteiger partial charge is 0.406 e. The summed E-state index contributed by atoms with van der Waals surface area (Å²) >= 11 is 0. The van der Waals surface area contributed by atoms with Gasteiger partial charge in [-0.1, -0.05) is 0 Å². The minimum atomic E-state index is -4.38. The Morgan fingerprint density at radius 2 is 2.17 bits per heavy atom. The SMILES string of the molecule is CC(O)CN(C)C(=O)c1cccn1CC(F)(F)F. The van der Waals surface area contributed by atoms with E-state index in [0.717, 1.165) is 4.57 Å². The van der Waals surface area contributed by atoms with E-state index in [9.17, 15) is 18.0 Å². The van der Waals surface area contributed by atoms with Gasteiger partial charge in [0.05, 0.1) is 6.10 Å². The molecular weight excluding hydrogens is 249 g/mol. The van der Waals surface area contributed by atoms with E-state index in [1.165, 1.54) is 37.2 Å².